The zero-order valence-corrected chi connectivity index (χ0v) is 10.5. The van der Waals surface area contributed by atoms with Crippen molar-refractivity contribution in [2.45, 2.75) is 18.9 Å². The Balaban J connectivity index is 1.60. The summed E-state index contributed by atoms with van der Waals surface area (Å²) in [5, 5.41) is 11.4. The molecule has 1 heterocycles. The van der Waals surface area contributed by atoms with E-state index in [1.54, 1.807) is 0 Å². The van der Waals surface area contributed by atoms with Crippen molar-refractivity contribution in [3.63, 3.8) is 0 Å². The Labute approximate surface area is 106 Å². The minimum atomic E-state index is 0.609. The molecule has 2 aromatic rings. The molecule has 1 aromatic carbocycles. The highest BCUT2D eigenvalue weighted by atomic mass is 15.2. The van der Waals surface area contributed by atoms with Crippen LogP contribution in [-0.4, -0.2) is 46.3 Å². The highest BCUT2D eigenvalue weighted by Crippen LogP contribution is 2.24. The van der Waals surface area contributed by atoms with Crippen molar-refractivity contribution < 1.29 is 0 Å². The maximum absolute atomic E-state index is 4.43. The van der Waals surface area contributed by atoms with E-state index in [9.17, 15) is 0 Å². The molecule has 0 spiro atoms. The van der Waals surface area contributed by atoms with Gasteiger partial charge in [0.2, 0.25) is 5.95 Å². The Kier molecular flexibility index (Phi) is 3.06. The predicted octanol–water partition coefficient (Wildman–Crippen LogP) is 1.53. The number of likely N-dealkylation sites (N-methyl/N-ethyl adjacent to an activating group) is 1. The van der Waals surface area contributed by atoms with Crippen LogP contribution in [0, 0.1) is 0 Å². The Morgan fingerprint density at radius 2 is 2.00 bits per heavy atom. The van der Waals surface area contributed by atoms with Gasteiger partial charge >= 0.3 is 0 Å². The number of benzene rings is 1. The standard InChI is InChI=1S/C13H17N5/c1-18(10-6-7-10)9-8-14-13-15-11-4-2-3-5-12(11)16-17-13/h2-5,10H,6-9H2,1H3,(H,14,15,17). The third-order valence-electron chi connectivity index (χ3n) is 3.28. The van der Waals surface area contributed by atoms with Gasteiger partial charge in [-0.1, -0.05) is 12.1 Å². The summed E-state index contributed by atoms with van der Waals surface area (Å²) in [5.41, 5.74) is 1.71. The van der Waals surface area contributed by atoms with Crippen molar-refractivity contribution in [3.8, 4) is 0 Å². The number of para-hydroxylation sites is 1. The van der Waals surface area contributed by atoms with Gasteiger partial charge in [-0.25, -0.2) is 4.98 Å². The number of fused-ring (bicyclic) bond motifs is 1. The van der Waals surface area contributed by atoms with Gasteiger partial charge in [-0.2, -0.15) is 0 Å². The number of hydrogen-bond acceptors (Lipinski definition) is 5. The second kappa shape index (κ2) is 4.86. The fraction of sp³-hybridized carbons (Fsp3) is 0.462. The predicted molar refractivity (Wildman–Crippen MR) is 71.5 cm³/mol. The van der Waals surface area contributed by atoms with E-state index >= 15 is 0 Å². The third-order valence-corrected chi connectivity index (χ3v) is 3.28. The molecule has 1 saturated carbocycles. The van der Waals surface area contributed by atoms with E-state index in [0.29, 0.717) is 5.95 Å². The molecule has 1 aromatic heterocycles. The number of hydrogen-bond donors (Lipinski definition) is 1. The largest absolute Gasteiger partial charge is 0.352 e. The van der Waals surface area contributed by atoms with Gasteiger partial charge in [-0.05, 0) is 32.0 Å². The Morgan fingerprint density at radius 3 is 2.78 bits per heavy atom. The molecule has 18 heavy (non-hydrogen) atoms. The molecule has 5 heteroatoms. The van der Waals surface area contributed by atoms with E-state index in [2.05, 4.69) is 32.4 Å². The van der Waals surface area contributed by atoms with Gasteiger partial charge in [0.1, 0.15) is 5.52 Å². The van der Waals surface area contributed by atoms with Crippen molar-refractivity contribution in [2.24, 2.45) is 0 Å². The van der Waals surface area contributed by atoms with Crippen LogP contribution in [0.4, 0.5) is 5.95 Å². The average Bonchev–Trinajstić information content (AvgIpc) is 3.23. The average molecular weight is 243 g/mol. The first-order chi connectivity index (χ1) is 8.83. The Morgan fingerprint density at radius 1 is 1.22 bits per heavy atom. The number of aromatic nitrogens is 3. The fourth-order valence-corrected chi connectivity index (χ4v) is 2.00. The normalized spacial score (nSPS) is 15.2. The lowest BCUT2D eigenvalue weighted by atomic mass is 10.3. The number of anilines is 1. The second-order valence-corrected chi connectivity index (χ2v) is 4.76. The van der Waals surface area contributed by atoms with E-state index in [1.165, 1.54) is 12.8 Å². The molecule has 0 unspecified atom stereocenters. The molecule has 1 aliphatic rings. The van der Waals surface area contributed by atoms with Crippen molar-refractivity contribution in [3.05, 3.63) is 24.3 Å². The first kappa shape index (κ1) is 11.3. The van der Waals surface area contributed by atoms with Crippen LogP contribution in [0.1, 0.15) is 12.8 Å². The van der Waals surface area contributed by atoms with E-state index < -0.39 is 0 Å². The lowest BCUT2D eigenvalue weighted by Gasteiger charge is -2.15. The molecule has 5 nitrogen and oxygen atoms in total. The summed E-state index contributed by atoms with van der Waals surface area (Å²) in [5.74, 6) is 0.609. The molecule has 1 fully saturated rings. The summed E-state index contributed by atoms with van der Waals surface area (Å²) in [6.45, 7) is 1.87. The third kappa shape index (κ3) is 2.56. The molecule has 1 aliphatic carbocycles. The summed E-state index contributed by atoms with van der Waals surface area (Å²) in [4.78, 5) is 6.81. The molecule has 0 aliphatic heterocycles. The van der Waals surface area contributed by atoms with E-state index in [4.69, 9.17) is 0 Å². The lowest BCUT2D eigenvalue weighted by Crippen LogP contribution is -2.27. The fourth-order valence-electron chi connectivity index (χ4n) is 2.00. The van der Waals surface area contributed by atoms with Crippen molar-refractivity contribution in [1.82, 2.24) is 20.1 Å². The van der Waals surface area contributed by atoms with Crippen LogP contribution in [0.3, 0.4) is 0 Å². The molecule has 0 bridgehead atoms. The van der Waals surface area contributed by atoms with E-state index in [0.717, 1.165) is 30.2 Å². The molecule has 0 atom stereocenters. The van der Waals surface area contributed by atoms with Gasteiger partial charge in [-0.3, -0.25) is 0 Å². The van der Waals surface area contributed by atoms with Crippen LogP contribution < -0.4 is 5.32 Å². The summed E-state index contributed by atoms with van der Waals surface area (Å²) in [6.07, 6.45) is 2.68. The first-order valence-corrected chi connectivity index (χ1v) is 6.36. The van der Waals surface area contributed by atoms with Crippen LogP contribution in [0.2, 0.25) is 0 Å². The van der Waals surface area contributed by atoms with Gasteiger partial charge in [0.05, 0.1) is 5.52 Å². The van der Waals surface area contributed by atoms with Crippen molar-refractivity contribution >= 4 is 17.0 Å². The first-order valence-electron chi connectivity index (χ1n) is 6.36. The van der Waals surface area contributed by atoms with Gasteiger partial charge in [0.15, 0.2) is 0 Å². The second-order valence-electron chi connectivity index (χ2n) is 4.76. The maximum atomic E-state index is 4.43. The highest BCUT2D eigenvalue weighted by Gasteiger charge is 2.25. The molecule has 1 N–H and O–H groups in total. The number of nitrogens with one attached hydrogen (secondary N) is 1. The van der Waals surface area contributed by atoms with Gasteiger partial charge < -0.3 is 10.2 Å². The van der Waals surface area contributed by atoms with Crippen LogP contribution >= 0.6 is 0 Å². The highest BCUT2D eigenvalue weighted by molar-refractivity contribution is 5.73. The summed E-state index contributed by atoms with van der Waals surface area (Å²) in [6, 6.07) is 8.56. The monoisotopic (exact) mass is 243 g/mol. The number of rotatable bonds is 5. The van der Waals surface area contributed by atoms with Gasteiger partial charge in [0, 0.05) is 19.1 Å². The molecular formula is C13H17N5. The quantitative estimate of drug-likeness (QED) is 0.863. The lowest BCUT2D eigenvalue weighted by molar-refractivity contribution is 0.337. The summed E-state index contributed by atoms with van der Waals surface area (Å²) in [7, 11) is 2.17. The van der Waals surface area contributed by atoms with E-state index in [-0.39, 0.29) is 0 Å². The Bertz CT molecular complexity index is 538. The molecule has 0 saturated heterocycles. The zero-order valence-electron chi connectivity index (χ0n) is 10.5. The molecular weight excluding hydrogens is 226 g/mol. The van der Waals surface area contributed by atoms with Gasteiger partial charge in [0.25, 0.3) is 0 Å². The number of nitrogens with zero attached hydrogens (tertiary/aromatic N) is 4. The van der Waals surface area contributed by atoms with E-state index in [1.807, 2.05) is 24.3 Å². The van der Waals surface area contributed by atoms with Crippen molar-refractivity contribution in [1.29, 1.82) is 0 Å². The maximum Gasteiger partial charge on any atom is 0.243 e. The topological polar surface area (TPSA) is 53.9 Å². The molecule has 3 rings (SSSR count). The Hall–Kier alpha value is -1.75. The van der Waals surface area contributed by atoms with Crippen LogP contribution in [0.5, 0.6) is 0 Å². The van der Waals surface area contributed by atoms with Crippen LogP contribution in [-0.2, 0) is 0 Å². The molecule has 0 radical (unpaired) electrons. The SMILES string of the molecule is CN(CCNc1nnc2ccccc2n1)C1CC1. The van der Waals surface area contributed by atoms with Gasteiger partial charge in [-0.15, -0.1) is 10.2 Å². The smallest absolute Gasteiger partial charge is 0.243 e. The minimum absolute atomic E-state index is 0.609. The summed E-state index contributed by atoms with van der Waals surface area (Å²) >= 11 is 0. The summed E-state index contributed by atoms with van der Waals surface area (Å²) < 4.78 is 0. The minimum Gasteiger partial charge on any atom is -0.352 e. The van der Waals surface area contributed by atoms with Crippen LogP contribution in [0.15, 0.2) is 24.3 Å². The zero-order chi connectivity index (χ0) is 12.4. The molecule has 0 amide bonds. The molecule has 94 valence electrons. The van der Waals surface area contributed by atoms with Crippen molar-refractivity contribution in [2.75, 3.05) is 25.5 Å². The van der Waals surface area contributed by atoms with Crippen LogP contribution in [0.25, 0.3) is 11.0 Å².